The van der Waals surface area contributed by atoms with Crippen LogP contribution in [0.4, 0.5) is 0 Å². The van der Waals surface area contributed by atoms with Gasteiger partial charge in [-0.25, -0.2) is 0 Å². The monoisotopic (exact) mass is 356 g/mol. The lowest BCUT2D eigenvalue weighted by Gasteiger charge is -2.17. The van der Waals surface area contributed by atoms with Gasteiger partial charge in [-0.2, -0.15) is 0 Å². The fourth-order valence-corrected chi connectivity index (χ4v) is 2.98. The van der Waals surface area contributed by atoms with Crippen molar-refractivity contribution in [3.05, 3.63) is 59.9 Å². The van der Waals surface area contributed by atoms with Crippen LogP contribution in [0.2, 0.25) is 0 Å². The van der Waals surface area contributed by atoms with Crippen LogP contribution in [0.15, 0.2) is 43.1 Å². The summed E-state index contributed by atoms with van der Waals surface area (Å²) in [6.45, 7) is 5.79. The molecule has 2 aromatic rings. The molecule has 0 aliphatic carbocycles. The van der Waals surface area contributed by atoms with Crippen LogP contribution in [-0.2, 0) is 19.9 Å². The minimum absolute atomic E-state index is 0.0633. The Labute approximate surface area is 155 Å². The molecule has 1 amide bonds. The summed E-state index contributed by atoms with van der Waals surface area (Å²) in [5.74, 6) is 1.07. The summed E-state index contributed by atoms with van der Waals surface area (Å²) in [6, 6.07) is 7.74. The highest BCUT2D eigenvalue weighted by Gasteiger charge is 2.17. The topological polar surface area (TPSA) is 52.5 Å². The maximum Gasteiger partial charge on any atom is 0.251 e. The van der Waals surface area contributed by atoms with Crippen LogP contribution in [-0.4, -0.2) is 30.7 Å². The van der Waals surface area contributed by atoms with Gasteiger partial charge >= 0.3 is 0 Å². The minimum atomic E-state index is -0.115. The van der Waals surface area contributed by atoms with E-state index in [1.807, 2.05) is 32.3 Å². The molecular weight excluding hydrogens is 328 g/mol. The number of nitrogens with zero attached hydrogens (tertiary/aromatic N) is 1. The van der Waals surface area contributed by atoms with Crippen molar-refractivity contribution < 1.29 is 14.3 Å². The van der Waals surface area contributed by atoms with Crippen LogP contribution < -0.4 is 14.8 Å². The van der Waals surface area contributed by atoms with Gasteiger partial charge in [-0.15, -0.1) is 6.58 Å². The average Bonchev–Trinajstić information content (AvgIpc) is 3.04. The number of ether oxygens (including phenoxy) is 2. The van der Waals surface area contributed by atoms with Gasteiger partial charge in [0.1, 0.15) is 0 Å². The third kappa shape index (κ3) is 4.69. The van der Waals surface area contributed by atoms with Crippen LogP contribution in [0.3, 0.4) is 0 Å². The highest BCUT2D eigenvalue weighted by atomic mass is 16.5. The third-order valence-corrected chi connectivity index (χ3v) is 4.44. The number of aromatic nitrogens is 1. The van der Waals surface area contributed by atoms with Crippen molar-refractivity contribution in [1.29, 1.82) is 0 Å². The van der Waals surface area contributed by atoms with Gasteiger partial charge in [0.25, 0.3) is 5.91 Å². The predicted octanol–water partition coefficient (Wildman–Crippen LogP) is 3.52. The lowest BCUT2D eigenvalue weighted by atomic mass is 10.0. The fourth-order valence-electron chi connectivity index (χ4n) is 2.98. The van der Waals surface area contributed by atoms with Crippen molar-refractivity contribution in [2.45, 2.75) is 32.2 Å². The number of amides is 1. The molecule has 1 atom stereocenters. The molecule has 0 fully saturated rings. The van der Waals surface area contributed by atoms with E-state index in [-0.39, 0.29) is 11.9 Å². The molecule has 0 aliphatic rings. The number of methoxy groups -OCH3 is 2. The second kappa shape index (κ2) is 9.13. The molecule has 140 valence electrons. The van der Waals surface area contributed by atoms with Crippen molar-refractivity contribution in [3.63, 3.8) is 0 Å². The maximum absolute atomic E-state index is 12.7. The van der Waals surface area contributed by atoms with Crippen LogP contribution in [0, 0.1) is 0 Å². The third-order valence-electron chi connectivity index (χ3n) is 4.44. The van der Waals surface area contributed by atoms with Crippen molar-refractivity contribution in [2.24, 2.45) is 7.05 Å². The van der Waals surface area contributed by atoms with Crippen LogP contribution in [0.1, 0.15) is 35.0 Å². The first-order valence-corrected chi connectivity index (χ1v) is 8.77. The summed E-state index contributed by atoms with van der Waals surface area (Å²) < 4.78 is 12.9. The summed E-state index contributed by atoms with van der Waals surface area (Å²) in [6.07, 6.45) is 6.20. The molecule has 5 heteroatoms. The highest BCUT2D eigenvalue weighted by molar-refractivity contribution is 5.95. The lowest BCUT2D eigenvalue weighted by molar-refractivity contribution is 0.0938. The van der Waals surface area contributed by atoms with Gasteiger partial charge in [0, 0.05) is 36.1 Å². The van der Waals surface area contributed by atoms with E-state index in [0.717, 1.165) is 18.4 Å². The Hall–Kier alpha value is -2.69. The average molecular weight is 356 g/mol. The van der Waals surface area contributed by atoms with Gasteiger partial charge in [0.2, 0.25) is 0 Å². The molecule has 0 saturated carbocycles. The summed E-state index contributed by atoms with van der Waals surface area (Å²) in [7, 11) is 5.19. The number of rotatable bonds is 9. The number of carbonyl (C=O) groups excluding carboxylic acids is 1. The van der Waals surface area contributed by atoms with E-state index in [4.69, 9.17) is 9.47 Å². The Kier molecular flexibility index (Phi) is 6.89. The van der Waals surface area contributed by atoms with Crippen molar-refractivity contribution >= 4 is 5.91 Å². The zero-order valence-electron chi connectivity index (χ0n) is 16.0. The summed E-state index contributed by atoms with van der Waals surface area (Å²) >= 11 is 0. The van der Waals surface area contributed by atoms with Crippen molar-refractivity contribution in [2.75, 3.05) is 14.2 Å². The number of aryl methyl sites for hydroxylation is 2. The molecule has 1 aromatic heterocycles. The second-order valence-corrected chi connectivity index (χ2v) is 6.39. The number of nitrogens with one attached hydrogen (secondary N) is 1. The molecule has 0 bridgehead atoms. The minimum Gasteiger partial charge on any atom is -0.493 e. The summed E-state index contributed by atoms with van der Waals surface area (Å²) in [4.78, 5) is 12.7. The SMILES string of the molecule is C=CCc1cc(C(=O)N[C@H](C)CCc2cccn2C)cc(OC)c1OC. The molecule has 1 heterocycles. The van der Waals surface area contributed by atoms with Crippen LogP contribution in [0.25, 0.3) is 0 Å². The number of benzene rings is 1. The molecule has 5 nitrogen and oxygen atoms in total. The summed E-state index contributed by atoms with van der Waals surface area (Å²) in [5.41, 5.74) is 2.69. The van der Waals surface area contributed by atoms with Gasteiger partial charge < -0.3 is 19.4 Å². The van der Waals surface area contributed by atoms with Crippen LogP contribution in [0.5, 0.6) is 11.5 Å². The Balaban J connectivity index is 2.09. The Morgan fingerprint density at radius 1 is 1.35 bits per heavy atom. The number of hydrogen-bond acceptors (Lipinski definition) is 3. The largest absolute Gasteiger partial charge is 0.493 e. The molecule has 0 radical (unpaired) electrons. The molecule has 0 spiro atoms. The smallest absolute Gasteiger partial charge is 0.251 e. The molecule has 0 unspecified atom stereocenters. The van der Waals surface area contributed by atoms with Gasteiger partial charge in [-0.05, 0) is 50.5 Å². The van der Waals surface area contributed by atoms with E-state index in [1.165, 1.54) is 5.69 Å². The van der Waals surface area contributed by atoms with E-state index < -0.39 is 0 Å². The standard InChI is InChI=1S/C21H28N2O3/c1-6-8-16-13-17(14-19(25-4)20(16)26-5)21(24)22-15(2)10-11-18-9-7-12-23(18)3/h6-7,9,12-15H,1,8,10-11H2,2-5H3,(H,22,24)/t15-/m1/s1. The molecule has 0 saturated heterocycles. The molecule has 1 N–H and O–H groups in total. The van der Waals surface area contributed by atoms with E-state index in [0.29, 0.717) is 23.5 Å². The molecule has 26 heavy (non-hydrogen) atoms. The molecule has 2 rings (SSSR count). The number of hydrogen-bond donors (Lipinski definition) is 1. The van der Waals surface area contributed by atoms with E-state index in [2.05, 4.69) is 22.5 Å². The predicted molar refractivity (Wildman–Crippen MR) is 104 cm³/mol. The first-order valence-electron chi connectivity index (χ1n) is 8.77. The second-order valence-electron chi connectivity index (χ2n) is 6.39. The van der Waals surface area contributed by atoms with Gasteiger partial charge in [0.15, 0.2) is 11.5 Å². The van der Waals surface area contributed by atoms with Gasteiger partial charge in [-0.1, -0.05) is 6.08 Å². The number of carbonyl (C=O) groups is 1. The number of allylic oxidation sites excluding steroid dienone is 1. The Morgan fingerprint density at radius 3 is 2.69 bits per heavy atom. The van der Waals surface area contributed by atoms with E-state index >= 15 is 0 Å². The molecular formula is C21H28N2O3. The summed E-state index contributed by atoms with van der Waals surface area (Å²) in [5, 5.41) is 3.07. The first-order chi connectivity index (χ1) is 12.5. The molecule has 1 aromatic carbocycles. The van der Waals surface area contributed by atoms with E-state index in [1.54, 1.807) is 26.4 Å². The van der Waals surface area contributed by atoms with Gasteiger partial charge in [0.05, 0.1) is 14.2 Å². The zero-order chi connectivity index (χ0) is 19.1. The molecule has 0 aliphatic heterocycles. The zero-order valence-corrected chi connectivity index (χ0v) is 16.0. The van der Waals surface area contributed by atoms with Crippen molar-refractivity contribution in [3.8, 4) is 11.5 Å². The van der Waals surface area contributed by atoms with Crippen molar-refractivity contribution in [1.82, 2.24) is 9.88 Å². The van der Waals surface area contributed by atoms with Gasteiger partial charge in [-0.3, -0.25) is 4.79 Å². The Bertz CT molecular complexity index is 765. The fraction of sp³-hybridized carbons (Fsp3) is 0.381. The van der Waals surface area contributed by atoms with Crippen LogP contribution >= 0.6 is 0 Å². The quantitative estimate of drug-likeness (QED) is 0.700. The highest BCUT2D eigenvalue weighted by Crippen LogP contribution is 2.33. The first kappa shape index (κ1) is 19.6. The normalized spacial score (nSPS) is 11.7. The van der Waals surface area contributed by atoms with E-state index in [9.17, 15) is 4.79 Å². The maximum atomic E-state index is 12.7. The lowest BCUT2D eigenvalue weighted by Crippen LogP contribution is -2.33. The Morgan fingerprint density at radius 2 is 2.12 bits per heavy atom.